The zero-order valence-corrected chi connectivity index (χ0v) is 10.4. The molecule has 0 fully saturated rings. The van der Waals surface area contributed by atoms with Crippen LogP contribution in [0.2, 0.25) is 5.02 Å². The van der Waals surface area contributed by atoms with Crippen LogP contribution in [0.25, 0.3) is 0 Å². The number of halogens is 3. The van der Waals surface area contributed by atoms with Gasteiger partial charge in [-0.05, 0) is 25.1 Å². The Bertz CT molecular complexity index is 523. The standard InChI is InChI=1S/C13H11ClF2N2/c1-8(12-4-2-3-5-17-12)18-13-10(14)6-9(15)7-11(13)16/h2-8,18H,1H3. The molecule has 0 bridgehead atoms. The van der Waals surface area contributed by atoms with Gasteiger partial charge in [0.05, 0.1) is 22.4 Å². The highest BCUT2D eigenvalue weighted by Crippen LogP contribution is 2.29. The number of rotatable bonds is 3. The Morgan fingerprint density at radius 2 is 2.06 bits per heavy atom. The van der Waals surface area contributed by atoms with Gasteiger partial charge >= 0.3 is 0 Å². The topological polar surface area (TPSA) is 24.9 Å². The molecule has 18 heavy (non-hydrogen) atoms. The summed E-state index contributed by atoms with van der Waals surface area (Å²) < 4.78 is 26.5. The first kappa shape index (κ1) is 12.8. The first-order valence-corrected chi connectivity index (χ1v) is 5.77. The van der Waals surface area contributed by atoms with Crippen LogP contribution in [0.4, 0.5) is 14.5 Å². The maximum absolute atomic E-state index is 13.6. The predicted octanol–water partition coefficient (Wildman–Crippen LogP) is 4.19. The minimum atomic E-state index is -0.720. The molecule has 2 nitrogen and oxygen atoms in total. The maximum atomic E-state index is 13.6. The van der Waals surface area contributed by atoms with E-state index in [0.29, 0.717) is 0 Å². The molecule has 1 unspecified atom stereocenters. The molecule has 0 amide bonds. The summed E-state index contributed by atoms with van der Waals surface area (Å²) >= 11 is 5.80. The van der Waals surface area contributed by atoms with E-state index in [4.69, 9.17) is 11.6 Å². The van der Waals surface area contributed by atoms with Crippen LogP contribution >= 0.6 is 11.6 Å². The summed E-state index contributed by atoms with van der Waals surface area (Å²) in [7, 11) is 0. The lowest BCUT2D eigenvalue weighted by Gasteiger charge is -2.16. The number of benzene rings is 1. The minimum Gasteiger partial charge on any atom is -0.373 e. The first-order chi connectivity index (χ1) is 8.58. The number of hydrogen-bond acceptors (Lipinski definition) is 2. The lowest BCUT2D eigenvalue weighted by atomic mass is 10.2. The van der Waals surface area contributed by atoms with Crippen molar-refractivity contribution in [2.45, 2.75) is 13.0 Å². The van der Waals surface area contributed by atoms with E-state index < -0.39 is 11.6 Å². The molecule has 1 heterocycles. The van der Waals surface area contributed by atoms with Crippen LogP contribution in [0.1, 0.15) is 18.7 Å². The van der Waals surface area contributed by atoms with Crippen LogP contribution in [0.15, 0.2) is 36.5 Å². The molecule has 1 aromatic carbocycles. The number of aromatic nitrogens is 1. The molecule has 1 atom stereocenters. The van der Waals surface area contributed by atoms with Gasteiger partial charge in [-0.15, -0.1) is 0 Å². The molecule has 0 saturated carbocycles. The van der Waals surface area contributed by atoms with Crippen molar-refractivity contribution >= 4 is 17.3 Å². The highest BCUT2D eigenvalue weighted by Gasteiger charge is 2.13. The number of anilines is 1. The average Bonchev–Trinajstić information content (AvgIpc) is 2.34. The van der Waals surface area contributed by atoms with Crippen molar-refractivity contribution in [2.75, 3.05) is 5.32 Å². The number of nitrogens with zero attached hydrogens (tertiary/aromatic N) is 1. The highest BCUT2D eigenvalue weighted by atomic mass is 35.5. The summed E-state index contributed by atoms with van der Waals surface area (Å²) in [5.74, 6) is -1.42. The van der Waals surface area contributed by atoms with E-state index in [9.17, 15) is 8.78 Å². The molecule has 0 aliphatic heterocycles. The van der Waals surface area contributed by atoms with E-state index >= 15 is 0 Å². The molecule has 0 aliphatic rings. The van der Waals surface area contributed by atoms with E-state index in [1.165, 1.54) is 0 Å². The van der Waals surface area contributed by atoms with Crippen molar-refractivity contribution in [1.29, 1.82) is 0 Å². The first-order valence-electron chi connectivity index (χ1n) is 5.40. The molecule has 2 aromatic rings. The van der Waals surface area contributed by atoms with Crippen LogP contribution in [0.5, 0.6) is 0 Å². The second-order valence-electron chi connectivity index (χ2n) is 3.87. The van der Waals surface area contributed by atoms with E-state index in [-0.39, 0.29) is 16.8 Å². The summed E-state index contributed by atoms with van der Waals surface area (Å²) in [6.07, 6.45) is 1.65. The molecule has 0 radical (unpaired) electrons. The molecule has 0 spiro atoms. The Morgan fingerprint density at radius 1 is 1.28 bits per heavy atom. The number of pyridine rings is 1. The molecule has 5 heteroatoms. The van der Waals surface area contributed by atoms with Gasteiger partial charge in [-0.25, -0.2) is 8.78 Å². The van der Waals surface area contributed by atoms with Crippen molar-refractivity contribution in [3.05, 3.63) is 58.9 Å². The summed E-state index contributed by atoms with van der Waals surface area (Å²) in [4.78, 5) is 4.15. The van der Waals surface area contributed by atoms with E-state index in [0.717, 1.165) is 17.8 Å². The summed E-state index contributed by atoms with van der Waals surface area (Å²) in [5, 5.41) is 2.90. The molecule has 0 saturated heterocycles. The van der Waals surface area contributed by atoms with Gasteiger partial charge in [0.2, 0.25) is 0 Å². The van der Waals surface area contributed by atoms with E-state index in [1.54, 1.807) is 12.3 Å². The van der Waals surface area contributed by atoms with Gasteiger partial charge < -0.3 is 5.32 Å². The smallest absolute Gasteiger partial charge is 0.150 e. The van der Waals surface area contributed by atoms with Gasteiger partial charge in [0.1, 0.15) is 5.82 Å². The Labute approximate surface area is 109 Å². The summed E-state index contributed by atoms with van der Waals surface area (Å²) in [5.41, 5.74) is 0.827. The zero-order valence-electron chi connectivity index (χ0n) is 9.62. The second kappa shape index (κ2) is 5.31. The van der Waals surface area contributed by atoms with Gasteiger partial charge in [-0.3, -0.25) is 4.98 Å². The fourth-order valence-electron chi connectivity index (χ4n) is 1.60. The second-order valence-corrected chi connectivity index (χ2v) is 4.27. The van der Waals surface area contributed by atoms with Crippen molar-refractivity contribution in [3.63, 3.8) is 0 Å². The molecule has 94 valence electrons. The van der Waals surface area contributed by atoms with Crippen molar-refractivity contribution in [3.8, 4) is 0 Å². The van der Waals surface area contributed by atoms with Crippen molar-refractivity contribution in [2.24, 2.45) is 0 Å². The lowest BCUT2D eigenvalue weighted by molar-refractivity contribution is 0.583. The summed E-state index contributed by atoms with van der Waals surface area (Å²) in [6.45, 7) is 1.82. The van der Waals surface area contributed by atoms with Gasteiger partial charge in [0.15, 0.2) is 5.82 Å². The SMILES string of the molecule is CC(Nc1c(F)cc(F)cc1Cl)c1ccccn1. The Balaban J connectivity index is 2.25. The van der Waals surface area contributed by atoms with Crippen molar-refractivity contribution in [1.82, 2.24) is 4.98 Å². The van der Waals surface area contributed by atoms with E-state index in [2.05, 4.69) is 10.3 Å². The third-order valence-corrected chi connectivity index (χ3v) is 2.80. The highest BCUT2D eigenvalue weighted by molar-refractivity contribution is 6.33. The lowest BCUT2D eigenvalue weighted by Crippen LogP contribution is -2.10. The fraction of sp³-hybridized carbons (Fsp3) is 0.154. The zero-order chi connectivity index (χ0) is 13.1. The Morgan fingerprint density at radius 3 is 2.67 bits per heavy atom. The molecule has 1 N–H and O–H groups in total. The van der Waals surface area contributed by atoms with Crippen LogP contribution in [0, 0.1) is 11.6 Å². The Kier molecular flexibility index (Phi) is 3.77. The maximum Gasteiger partial charge on any atom is 0.150 e. The molecule has 1 aromatic heterocycles. The molecule has 2 rings (SSSR count). The normalized spacial score (nSPS) is 12.2. The summed E-state index contributed by atoms with van der Waals surface area (Å²) in [6, 6.07) is 7.07. The van der Waals surface area contributed by atoms with Crippen LogP contribution < -0.4 is 5.32 Å². The third-order valence-electron chi connectivity index (χ3n) is 2.50. The van der Waals surface area contributed by atoms with Crippen LogP contribution in [0.3, 0.4) is 0 Å². The number of nitrogens with one attached hydrogen (secondary N) is 1. The van der Waals surface area contributed by atoms with Gasteiger partial charge in [0, 0.05) is 12.3 Å². The quantitative estimate of drug-likeness (QED) is 0.903. The average molecular weight is 269 g/mol. The Hall–Kier alpha value is -1.68. The molecular weight excluding hydrogens is 258 g/mol. The van der Waals surface area contributed by atoms with Gasteiger partial charge in [0.25, 0.3) is 0 Å². The minimum absolute atomic E-state index is 0.00952. The van der Waals surface area contributed by atoms with Gasteiger partial charge in [-0.1, -0.05) is 17.7 Å². The van der Waals surface area contributed by atoms with E-state index in [1.807, 2.05) is 19.1 Å². The number of hydrogen-bond donors (Lipinski definition) is 1. The molecule has 0 aliphatic carbocycles. The molecular formula is C13H11ClF2N2. The van der Waals surface area contributed by atoms with Crippen LogP contribution in [-0.2, 0) is 0 Å². The van der Waals surface area contributed by atoms with Crippen molar-refractivity contribution < 1.29 is 8.78 Å². The monoisotopic (exact) mass is 268 g/mol. The fourth-order valence-corrected chi connectivity index (χ4v) is 1.85. The third kappa shape index (κ3) is 2.76. The van der Waals surface area contributed by atoms with Gasteiger partial charge in [-0.2, -0.15) is 0 Å². The largest absolute Gasteiger partial charge is 0.373 e. The predicted molar refractivity (Wildman–Crippen MR) is 67.6 cm³/mol. The van der Waals surface area contributed by atoms with Crippen LogP contribution in [-0.4, -0.2) is 4.98 Å².